The second kappa shape index (κ2) is 6.32. The zero-order valence-electron chi connectivity index (χ0n) is 11.6. The number of nitrogens with zero attached hydrogens (tertiary/aromatic N) is 1. The number of carbonyl (C=O) groups is 2. The average molecular weight is 275 g/mol. The van der Waals surface area contributed by atoms with Gasteiger partial charge in [0.15, 0.2) is 0 Å². The van der Waals surface area contributed by atoms with Gasteiger partial charge in [0.2, 0.25) is 5.78 Å². The number of hydrogen-bond donors (Lipinski definition) is 0. The van der Waals surface area contributed by atoms with Crippen LogP contribution in [-0.4, -0.2) is 24.1 Å². The van der Waals surface area contributed by atoms with Crippen LogP contribution >= 0.6 is 0 Å². The number of fused-ring (bicyclic) bond motifs is 1. The number of Topliss-reactive ketones (excluding diaryl/α,β-unsaturated/α-hetero) is 1. The number of rotatable bonds is 5. The molecule has 106 valence electrons. The minimum absolute atomic E-state index is 0.193. The summed E-state index contributed by atoms with van der Waals surface area (Å²) in [5, 5.41) is 3.60. The molecule has 0 atom stereocenters. The van der Waals surface area contributed by atoms with Crippen molar-refractivity contribution < 1.29 is 19.2 Å². The number of unbranched alkanes of at least 4 members (excludes halogenated alkanes) is 1. The Kier molecular flexibility index (Phi) is 4.50. The first kappa shape index (κ1) is 14.2. The molecule has 0 amide bonds. The zero-order chi connectivity index (χ0) is 14.5. The SMILES string of the molecule is CCCCOc1ccc2c(c1)CC(=NOC(C)=O)C2=O. The van der Waals surface area contributed by atoms with Crippen molar-refractivity contribution in [2.24, 2.45) is 5.16 Å². The number of benzene rings is 1. The molecule has 0 N–H and O–H groups in total. The molecule has 0 aromatic heterocycles. The van der Waals surface area contributed by atoms with E-state index < -0.39 is 5.97 Å². The van der Waals surface area contributed by atoms with Crippen LogP contribution in [0.3, 0.4) is 0 Å². The monoisotopic (exact) mass is 275 g/mol. The maximum atomic E-state index is 12.0. The minimum atomic E-state index is -0.537. The van der Waals surface area contributed by atoms with Crippen LogP contribution in [0.4, 0.5) is 0 Å². The van der Waals surface area contributed by atoms with Gasteiger partial charge >= 0.3 is 5.97 Å². The molecule has 0 radical (unpaired) electrons. The highest BCUT2D eigenvalue weighted by Crippen LogP contribution is 2.25. The molecule has 1 aromatic rings. The lowest BCUT2D eigenvalue weighted by Gasteiger charge is -2.06. The first-order chi connectivity index (χ1) is 9.61. The van der Waals surface area contributed by atoms with Gasteiger partial charge in [0.25, 0.3) is 0 Å². The van der Waals surface area contributed by atoms with Crippen molar-refractivity contribution in [1.82, 2.24) is 0 Å². The Labute approximate surface area is 117 Å². The molecule has 0 heterocycles. The average Bonchev–Trinajstić information content (AvgIpc) is 2.73. The van der Waals surface area contributed by atoms with Crippen molar-refractivity contribution in [3.05, 3.63) is 29.3 Å². The molecule has 0 fully saturated rings. The molecule has 1 aliphatic rings. The van der Waals surface area contributed by atoms with Gasteiger partial charge in [0, 0.05) is 18.9 Å². The van der Waals surface area contributed by atoms with Crippen LogP contribution in [0.15, 0.2) is 23.4 Å². The molecular weight excluding hydrogens is 258 g/mol. The van der Waals surface area contributed by atoms with Gasteiger partial charge in [-0.05, 0) is 30.2 Å². The standard InChI is InChI=1S/C15H17NO4/c1-3-4-7-19-12-5-6-13-11(8-12)9-14(15(13)18)16-20-10(2)17/h5-6,8H,3-4,7,9H2,1-2H3. The lowest BCUT2D eigenvalue weighted by molar-refractivity contribution is -0.140. The number of hydrogen-bond acceptors (Lipinski definition) is 5. The number of carbonyl (C=O) groups excluding carboxylic acids is 2. The molecule has 1 aromatic carbocycles. The summed E-state index contributed by atoms with van der Waals surface area (Å²) < 4.78 is 5.60. The topological polar surface area (TPSA) is 65.0 Å². The highest BCUT2D eigenvalue weighted by Gasteiger charge is 2.27. The van der Waals surface area contributed by atoms with E-state index >= 15 is 0 Å². The Balaban J connectivity index is 2.11. The molecule has 20 heavy (non-hydrogen) atoms. The van der Waals surface area contributed by atoms with Crippen LogP contribution in [0.5, 0.6) is 5.75 Å². The molecule has 0 saturated heterocycles. The maximum absolute atomic E-state index is 12.0. The quantitative estimate of drug-likeness (QED) is 0.470. The van der Waals surface area contributed by atoms with Gasteiger partial charge in [-0.3, -0.25) is 4.79 Å². The van der Waals surface area contributed by atoms with Gasteiger partial charge in [-0.15, -0.1) is 0 Å². The maximum Gasteiger partial charge on any atom is 0.331 e. The second-order valence-corrected chi connectivity index (χ2v) is 4.65. The fraction of sp³-hybridized carbons (Fsp3) is 0.400. The number of ketones is 1. The first-order valence-electron chi connectivity index (χ1n) is 6.66. The fourth-order valence-electron chi connectivity index (χ4n) is 1.97. The molecule has 2 rings (SSSR count). The lowest BCUT2D eigenvalue weighted by atomic mass is 10.1. The van der Waals surface area contributed by atoms with Gasteiger partial charge in [-0.25, -0.2) is 4.79 Å². The first-order valence-corrected chi connectivity index (χ1v) is 6.66. The summed E-state index contributed by atoms with van der Waals surface area (Å²) in [5.41, 5.74) is 1.70. The summed E-state index contributed by atoms with van der Waals surface area (Å²) in [7, 11) is 0. The van der Waals surface area contributed by atoms with Gasteiger partial charge in [0.05, 0.1) is 6.61 Å². The van der Waals surface area contributed by atoms with Crippen LogP contribution in [0.1, 0.15) is 42.6 Å². The predicted molar refractivity (Wildman–Crippen MR) is 74.1 cm³/mol. The molecule has 0 unspecified atom stereocenters. The summed E-state index contributed by atoms with van der Waals surface area (Å²) in [6.07, 6.45) is 2.43. The van der Waals surface area contributed by atoms with Gasteiger partial charge in [0.1, 0.15) is 11.5 Å². The van der Waals surface area contributed by atoms with E-state index in [4.69, 9.17) is 4.74 Å². The molecule has 1 aliphatic carbocycles. The van der Waals surface area contributed by atoms with E-state index in [1.54, 1.807) is 12.1 Å². The summed E-state index contributed by atoms with van der Waals surface area (Å²) in [5.74, 6) is 0.0185. The van der Waals surface area contributed by atoms with Crippen molar-refractivity contribution in [3.63, 3.8) is 0 Å². The van der Waals surface area contributed by atoms with E-state index in [-0.39, 0.29) is 11.5 Å². The highest BCUT2D eigenvalue weighted by atomic mass is 16.7. The van der Waals surface area contributed by atoms with E-state index in [9.17, 15) is 9.59 Å². The van der Waals surface area contributed by atoms with Crippen LogP contribution in [0, 0.1) is 0 Å². The summed E-state index contributed by atoms with van der Waals surface area (Å²) >= 11 is 0. The van der Waals surface area contributed by atoms with Crippen molar-refractivity contribution in [2.75, 3.05) is 6.61 Å². The van der Waals surface area contributed by atoms with E-state index in [2.05, 4.69) is 16.9 Å². The van der Waals surface area contributed by atoms with E-state index in [0.717, 1.165) is 24.2 Å². The third-order valence-corrected chi connectivity index (χ3v) is 2.99. The largest absolute Gasteiger partial charge is 0.494 e. The van der Waals surface area contributed by atoms with Crippen LogP contribution < -0.4 is 4.74 Å². The predicted octanol–water partition coefficient (Wildman–Crippen LogP) is 2.52. The third-order valence-electron chi connectivity index (χ3n) is 2.99. The van der Waals surface area contributed by atoms with Crippen LogP contribution in [0.2, 0.25) is 0 Å². The van der Waals surface area contributed by atoms with Crippen LogP contribution in [0.25, 0.3) is 0 Å². The van der Waals surface area contributed by atoms with Gasteiger partial charge < -0.3 is 9.57 Å². The van der Waals surface area contributed by atoms with Gasteiger partial charge in [-0.1, -0.05) is 18.5 Å². The Morgan fingerprint density at radius 1 is 1.40 bits per heavy atom. The van der Waals surface area contributed by atoms with Crippen LogP contribution in [-0.2, 0) is 16.1 Å². The number of ether oxygens (including phenoxy) is 1. The molecule has 0 spiro atoms. The summed E-state index contributed by atoms with van der Waals surface area (Å²) in [4.78, 5) is 27.3. The molecular formula is C15H17NO4. The van der Waals surface area contributed by atoms with E-state index in [1.807, 2.05) is 6.07 Å². The smallest absolute Gasteiger partial charge is 0.331 e. The molecule has 5 heteroatoms. The molecule has 0 saturated carbocycles. The van der Waals surface area contributed by atoms with Crippen molar-refractivity contribution in [1.29, 1.82) is 0 Å². The Morgan fingerprint density at radius 3 is 2.90 bits per heavy atom. The highest BCUT2D eigenvalue weighted by molar-refractivity contribution is 6.49. The normalized spacial score (nSPS) is 15.3. The van der Waals surface area contributed by atoms with Crippen molar-refractivity contribution in [2.45, 2.75) is 33.1 Å². The van der Waals surface area contributed by atoms with Gasteiger partial charge in [-0.2, -0.15) is 0 Å². The van der Waals surface area contributed by atoms with E-state index in [0.29, 0.717) is 18.6 Å². The molecule has 5 nitrogen and oxygen atoms in total. The Morgan fingerprint density at radius 2 is 2.20 bits per heavy atom. The van der Waals surface area contributed by atoms with E-state index in [1.165, 1.54) is 6.92 Å². The Hall–Kier alpha value is -2.17. The van der Waals surface area contributed by atoms with Crippen molar-refractivity contribution in [3.8, 4) is 5.75 Å². The van der Waals surface area contributed by atoms with Crippen molar-refractivity contribution >= 4 is 17.5 Å². The zero-order valence-corrected chi connectivity index (χ0v) is 11.6. The minimum Gasteiger partial charge on any atom is -0.494 e. The molecule has 0 aliphatic heterocycles. The number of oxime groups is 1. The molecule has 0 bridgehead atoms. The summed E-state index contributed by atoms with van der Waals surface area (Å²) in [6.45, 7) is 4.01. The fourth-order valence-corrected chi connectivity index (χ4v) is 1.97. The lowest BCUT2D eigenvalue weighted by Crippen LogP contribution is -2.09. The third kappa shape index (κ3) is 3.23. The second-order valence-electron chi connectivity index (χ2n) is 4.65. The Bertz CT molecular complexity index is 563. The summed E-state index contributed by atoms with van der Waals surface area (Å²) in [6, 6.07) is 5.36.